The number of hydrogen-bond acceptors (Lipinski definition) is 28. The molecule has 30 heteroatoms. The maximum Gasteiger partial charge on any atom is 0.338 e. The van der Waals surface area contributed by atoms with Gasteiger partial charge in [0.05, 0.1) is 90.9 Å². The Bertz CT molecular complexity index is 3890. The Kier molecular flexibility index (Phi) is 29.8. The number of carbonyl (C=O) groups is 12. The van der Waals surface area contributed by atoms with Crippen molar-refractivity contribution in [2.75, 3.05) is 68.1 Å². The molecule has 30 nitrogen and oxygen atoms in total. The lowest BCUT2D eigenvalue weighted by Crippen LogP contribution is -2.42. The molecule has 0 fully saturated rings. The van der Waals surface area contributed by atoms with E-state index >= 15 is 0 Å². The summed E-state index contributed by atoms with van der Waals surface area (Å²) in [5.74, 6) is -12.2. The number of non-ortho nitro benzene ring substituents is 2. The fraction of sp³-hybridized carbons (Fsp3) is 0.243. The van der Waals surface area contributed by atoms with E-state index in [-0.39, 0.29) is 48.3 Å². The van der Waals surface area contributed by atoms with Gasteiger partial charge >= 0.3 is 71.6 Å². The Balaban J connectivity index is 1.30. The summed E-state index contributed by atoms with van der Waals surface area (Å²) in [7, 11) is 4.77. The molecule has 0 unspecified atom stereocenters. The third-order valence-electron chi connectivity index (χ3n) is 14.7. The molecule has 0 N–H and O–H groups in total. The van der Waals surface area contributed by atoms with Crippen molar-refractivity contribution in [3.63, 3.8) is 0 Å². The highest BCUT2D eigenvalue weighted by Gasteiger charge is 2.42. The summed E-state index contributed by atoms with van der Waals surface area (Å²) in [4.78, 5) is 179. The Labute approximate surface area is 592 Å². The zero-order valence-corrected chi connectivity index (χ0v) is 56.7. The monoisotopic (exact) mass is 1430 g/mol. The molecular formula is C74H68N2O28. The summed E-state index contributed by atoms with van der Waals surface area (Å²) in [6, 6.07) is 28.1. The van der Waals surface area contributed by atoms with Crippen molar-refractivity contribution in [1.29, 1.82) is 0 Å². The van der Waals surface area contributed by atoms with Gasteiger partial charge in [0.25, 0.3) is 11.4 Å². The van der Waals surface area contributed by atoms with Crippen LogP contribution in [-0.4, -0.2) is 150 Å². The highest BCUT2D eigenvalue weighted by atomic mass is 16.6. The topological polar surface area (TPSA) is 402 Å². The molecule has 0 heterocycles. The minimum Gasteiger partial charge on any atom is -0.466 e. The van der Waals surface area contributed by atoms with E-state index in [9.17, 15) is 77.8 Å². The Morgan fingerprint density at radius 2 is 0.587 bits per heavy atom. The molecule has 0 radical (unpaired) electrons. The summed E-state index contributed by atoms with van der Waals surface area (Å²) in [6.45, 7) is -1.44. The molecule has 0 saturated heterocycles. The van der Waals surface area contributed by atoms with E-state index in [0.29, 0.717) is 41.2 Å². The van der Waals surface area contributed by atoms with Gasteiger partial charge in [0, 0.05) is 42.5 Å². The first-order valence-electron chi connectivity index (χ1n) is 31.2. The third-order valence-corrected chi connectivity index (χ3v) is 14.7. The minimum absolute atomic E-state index is 0.0261. The zero-order chi connectivity index (χ0) is 75.9. The second kappa shape index (κ2) is 38.9. The lowest BCUT2D eigenvalue weighted by Gasteiger charge is -2.27. The predicted octanol–water partition coefficient (Wildman–Crippen LogP) is 10.1. The molecule has 0 atom stereocenters. The molecule has 0 spiro atoms. The van der Waals surface area contributed by atoms with Crippen LogP contribution in [0.4, 0.5) is 11.4 Å². The molecule has 0 saturated carbocycles. The molecule has 6 aromatic rings. The van der Waals surface area contributed by atoms with Gasteiger partial charge < -0.3 is 56.8 Å². The van der Waals surface area contributed by atoms with Crippen LogP contribution in [0, 0.1) is 31.1 Å². The number of unbranched alkanes of at least 4 members (excludes halogenated alkanes) is 3. The number of nitrogens with zero attached hydrogens (tertiary/aromatic N) is 2. The quantitative estimate of drug-likeness (QED) is 0.00678. The van der Waals surface area contributed by atoms with E-state index in [1.165, 1.54) is 164 Å². The molecule has 0 bridgehead atoms. The van der Waals surface area contributed by atoms with Crippen LogP contribution in [-0.2, 0) is 76.1 Å². The van der Waals surface area contributed by atoms with Gasteiger partial charge in [-0.05, 0) is 147 Å². The van der Waals surface area contributed by atoms with Gasteiger partial charge in [-0.2, -0.15) is 0 Å². The third kappa shape index (κ3) is 24.9. The standard InChI is InChI=1S/C74H68N2O28/c1-73(43-99-65(81)51-23-11-47(12-24-51)19-31-61(77)93-3,44-100-66(82)52-25-13-48(14-26-52)20-32-62(78)94-4)71(87)103-59-39-56(70(86)98-36-10-8-7-9-35-97-69(85)55-37-57(75(89)90)41-58(38-55)76(91)92)40-60(42-59)104-72(88)74(2,45-101-67(83)53-27-15-49(16-28-53)21-33-63(79)95-5)46-102-68(84)54-29-17-50(18-30-54)22-34-64(80)96-6/h11-34,37-42H,7-10,35-36,43-46H2,1-6H3. The van der Waals surface area contributed by atoms with E-state index < -0.39 is 153 Å². The van der Waals surface area contributed by atoms with Crippen LogP contribution in [0.3, 0.4) is 0 Å². The molecular weight excluding hydrogens is 1360 g/mol. The first-order valence-corrected chi connectivity index (χ1v) is 31.2. The lowest BCUT2D eigenvalue weighted by molar-refractivity contribution is -0.394. The maximum absolute atomic E-state index is 14.8. The van der Waals surface area contributed by atoms with Gasteiger partial charge in [-0.3, -0.25) is 29.8 Å². The molecule has 0 aliphatic heterocycles. The van der Waals surface area contributed by atoms with Crippen LogP contribution in [0.2, 0.25) is 0 Å². The highest BCUT2D eigenvalue weighted by molar-refractivity contribution is 5.96. The molecule has 0 aromatic heterocycles. The second-order valence-electron chi connectivity index (χ2n) is 22.8. The van der Waals surface area contributed by atoms with E-state index in [4.69, 9.17) is 37.9 Å². The van der Waals surface area contributed by atoms with Gasteiger partial charge in [0.2, 0.25) is 0 Å². The Morgan fingerprint density at radius 1 is 0.337 bits per heavy atom. The van der Waals surface area contributed by atoms with Crippen molar-refractivity contribution in [1.82, 2.24) is 0 Å². The fourth-order valence-corrected chi connectivity index (χ4v) is 8.65. The SMILES string of the molecule is COC(=O)C=Cc1ccc(C(=O)OCC(C)(COC(=O)c2ccc(C=CC(=O)OC)cc2)C(=O)Oc2cc(OC(=O)C(C)(COC(=O)c3ccc(C=CC(=O)OC)cc3)COC(=O)c3ccc(C=CC(=O)OC)cc3)cc(C(=O)OCCCCCCOC(=O)c3cc([N+](=O)[O-])cc([N+](=O)[O-])c3)c2)cc1. The van der Waals surface area contributed by atoms with Crippen LogP contribution in [0.1, 0.15) is 124 Å². The molecule has 6 rings (SSSR count). The molecule has 104 heavy (non-hydrogen) atoms. The molecule has 0 aliphatic carbocycles. The van der Waals surface area contributed by atoms with Crippen molar-refractivity contribution in [3.8, 4) is 11.5 Å². The highest BCUT2D eigenvalue weighted by Crippen LogP contribution is 2.32. The van der Waals surface area contributed by atoms with Gasteiger partial charge in [0.15, 0.2) is 0 Å². The predicted molar refractivity (Wildman–Crippen MR) is 364 cm³/mol. The van der Waals surface area contributed by atoms with Crippen molar-refractivity contribution in [2.24, 2.45) is 10.8 Å². The van der Waals surface area contributed by atoms with Crippen LogP contribution >= 0.6 is 0 Å². The Hall–Kier alpha value is -13.3. The summed E-state index contributed by atoms with van der Waals surface area (Å²) >= 11 is 0. The summed E-state index contributed by atoms with van der Waals surface area (Å²) in [6.07, 6.45) is 11.4. The van der Waals surface area contributed by atoms with Gasteiger partial charge in [-0.25, -0.2) is 47.9 Å². The van der Waals surface area contributed by atoms with Crippen LogP contribution < -0.4 is 9.47 Å². The summed E-state index contributed by atoms with van der Waals surface area (Å²) in [5, 5.41) is 22.7. The number of benzene rings is 6. The lowest BCUT2D eigenvalue weighted by atomic mass is 9.93. The largest absolute Gasteiger partial charge is 0.466 e. The van der Waals surface area contributed by atoms with Crippen LogP contribution in [0.5, 0.6) is 11.5 Å². The molecule has 6 aromatic carbocycles. The number of nitro groups is 2. The number of carbonyl (C=O) groups excluding carboxylic acids is 12. The first-order chi connectivity index (χ1) is 49.6. The van der Waals surface area contributed by atoms with Crippen LogP contribution in [0.15, 0.2) is 158 Å². The van der Waals surface area contributed by atoms with Crippen LogP contribution in [0.25, 0.3) is 24.3 Å². The van der Waals surface area contributed by atoms with E-state index in [1.807, 2.05) is 0 Å². The van der Waals surface area contributed by atoms with Crippen molar-refractivity contribution >= 4 is 107 Å². The number of esters is 12. The van der Waals surface area contributed by atoms with Crippen molar-refractivity contribution in [3.05, 3.63) is 234 Å². The maximum atomic E-state index is 14.8. The van der Waals surface area contributed by atoms with Crippen molar-refractivity contribution in [2.45, 2.75) is 39.5 Å². The fourth-order valence-electron chi connectivity index (χ4n) is 8.65. The molecule has 0 amide bonds. The molecule has 0 aliphatic rings. The average molecular weight is 1430 g/mol. The number of rotatable bonds is 35. The normalized spacial score (nSPS) is 12.2. The number of hydrogen-bond donors (Lipinski definition) is 0. The Morgan fingerprint density at radius 3 is 0.837 bits per heavy atom. The second-order valence-corrected chi connectivity index (χ2v) is 22.8. The number of methoxy groups -OCH3 is 4. The van der Waals surface area contributed by atoms with Gasteiger partial charge in [-0.1, -0.05) is 48.5 Å². The van der Waals surface area contributed by atoms with Gasteiger partial charge in [-0.15, -0.1) is 0 Å². The smallest absolute Gasteiger partial charge is 0.338 e. The van der Waals surface area contributed by atoms with Crippen molar-refractivity contribution < 1.29 is 124 Å². The van der Waals surface area contributed by atoms with E-state index in [0.717, 1.165) is 54.6 Å². The minimum atomic E-state index is -2.13. The zero-order valence-electron chi connectivity index (χ0n) is 56.7. The summed E-state index contributed by atoms with van der Waals surface area (Å²) in [5.41, 5.74) is -4.63. The number of nitro benzene ring substituents is 2. The number of ether oxygens (including phenoxy) is 12. The average Bonchev–Trinajstić information content (AvgIpc) is 0.811. The molecule has 542 valence electrons. The van der Waals surface area contributed by atoms with E-state index in [1.54, 1.807) is 0 Å². The first kappa shape index (κ1) is 79.7. The summed E-state index contributed by atoms with van der Waals surface area (Å²) < 4.78 is 63.6. The van der Waals surface area contributed by atoms with Gasteiger partial charge in [0.1, 0.15) is 48.8 Å². The van der Waals surface area contributed by atoms with E-state index in [2.05, 4.69) is 18.9 Å².